The summed E-state index contributed by atoms with van der Waals surface area (Å²) in [5, 5.41) is 0. The van der Waals surface area contributed by atoms with Gasteiger partial charge in [-0.3, -0.25) is 4.79 Å². The lowest BCUT2D eigenvalue weighted by Crippen LogP contribution is -2.32. The van der Waals surface area contributed by atoms with Crippen LogP contribution in [0.2, 0.25) is 0 Å². The summed E-state index contributed by atoms with van der Waals surface area (Å²) in [6, 6.07) is 4.66. The highest BCUT2D eigenvalue weighted by Crippen LogP contribution is 2.29. The Morgan fingerprint density at radius 3 is 2.68 bits per heavy atom. The second-order valence-corrected chi connectivity index (χ2v) is 7.26. The molecule has 1 aliphatic heterocycles. The zero-order valence-electron chi connectivity index (χ0n) is 10.0. The molecule has 0 saturated carbocycles. The van der Waals surface area contributed by atoms with Crippen molar-refractivity contribution in [3.8, 4) is 0 Å². The first kappa shape index (κ1) is 14.3. The maximum absolute atomic E-state index is 12.4. The second kappa shape index (κ2) is 5.10. The van der Waals surface area contributed by atoms with Crippen molar-refractivity contribution < 1.29 is 13.2 Å². The van der Waals surface area contributed by atoms with Crippen molar-refractivity contribution in [1.82, 2.24) is 4.31 Å². The Hall–Kier alpha value is -1.12. The molecule has 8 heteroatoms. The Labute approximate surface area is 119 Å². The first-order chi connectivity index (χ1) is 8.82. The number of benzene rings is 1. The van der Waals surface area contributed by atoms with Crippen molar-refractivity contribution in [2.45, 2.75) is 11.3 Å². The number of nitrogen functional groups attached to an aromatic ring is 1. The number of carbonyl (C=O) groups excluding carboxylic acids is 1. The largest absolute Gasteiger partial charge is 0.398 e. The number of hydrogen-bond acceptors (Lipinski definition) is 4. The number of nitrogens with zero attached hydrogens (tertiary/aromatic N) is 1. The summed E-state index contributed by atoms with van der Waals surface area (Å²) in [6.07, 6.45) is 0.447. The van der Waals surface area contributed by atoms with Gasteiger partial charge in [0.05, 0.1) is 11.6 Å². The van der Waals surface area contributed by atoms with E-state index in [1.807, 2.05) is 0 Å². The highest BCUT2D eigenvalue weighted by atomic mass is 79.9. The van der Waals surface area contributed by atoms with Crippen LogP contribution >= 0.6 is 15.9 Å². The van der Waals surface area contributed by atoms with Gasteiger partial charge in [0.1, 0.15) is 4.90 Å². The predicted octanol–water partition coefficient (Wildman–Crippen LogP) is 0.527. The molecule has 1 atom stereocenters. The molecule has 6 nitrogen and oxygen atoms in total. The zero-order chi connectivity index (χ0) is 14.2. The van der Waals surface area contributed by atoms with Gasteiger partial charge < -0.3 is 11.5 Å². The molecule has 0 aromatic heterocycles. The van der Waals surface area contributed by atoms with E-state index in [-0.39, 0.29) is 23.7 Å². The van der Waals surface area contributed by atoms with Crippen LogP contribution < -0.4 is 11.5 Å². The fraction of sp³-hybridized carbons (Fsp3) is 0.364. The maximum atomic E-state index is 12.4. The van der Waals surface area contributed by atoms with Gasteiger partial charge in [0.15, 0.2) is 0 Å². The Kier molecular flexibility index (Phi) is 3.84. The molecule has 104 valence electrons. The summed E-state index contributed by atoms with van der Waals surface area (Å²) in [4.78, 5) is 11.1. The molecular formula is C11H14BrN3O3S. The molecule has 0 spiro atoms. The minimum absolute atomic E-state index is 0.0481. The number of anilines is 1. The third kappa shape index (κ3) is 2.75. The SMILES string of the molecule is NC(=O)C1CCN(S(=O)(=O)c2cc(Br)ccc2N)C1. The summed E-state index contributed by atoms with van der Waals surface area (Å²) in [6.45, 7) is 0.394. The van der Waals surface area contributed by atoms with Gasteiger partial charge in [0.2, 0.25) is 15.9 Å². The van der Waals surface area contributed by atoms with E-state index in [4.69, 9.17) is 11.5 Å². The number of hydrogen-bond donors (Lipinski definition) is 2. The molecule has 1 heterocycles. The van der Waals surface area contributed by atoms with Gasteiger partial charge in [-0.2, -0.15) is 4.31 Å². The number of nitrogens with two attached hydrogens (primary N) is 2. The van der Waals surface area contributed by atoms with Crippen molar-refractivity contribution in [3.05, 3.63) is 22.7 Å². The van der Waals surface area contributed by atoms with Gasteiger partial charge in [-0.1, -0.05) is 15.9 Å². The van der Waals surface area contributed by atoms with Gasteiger partial charge in [-0.15, -0.1) is 0 Å². The van der Waals surface area contributed by atoms with Gasteiger partial charge in [0.25, 0.3) is 0 Å². The minimum atomic E-state index is -3.69. The monoisotopic (exact) mass is 347 g/mol. The van der Waals surface area contributed by atoms with Crippen LogP contribution in [0.3, 0.4) is 0 Å². The zero-order valence-corrected chi connectivity index (χ0v) is 12.4. The average Bonchev–Trinajstić information content (AvgIpc) is 2.82. The van der Waals surface area contributed by atoms with E-state index in [0.717, 1.165) is 0 Å². The van der Waals surface area contributed by atoms with Crippen molar-refractivity contribution in [2.24, 2.45) is 11.7 Å². The number of sulfonamides is 1. The quantitative estimate of drug-likeness (QED) is 0.777. The van der Waals surface area contributed by atoms with Crippen LogP contribution in [0.4, 0.5) is 5.69 Å². The van der Waals surface area contributed by atoms with E-state index in [9.17, 15) is 13.2 Å². The maximum Gasteiger partial charge on any atom is 0.245 e. The highest BCUT2D eigenvalue weighted by Gasteiger charge is 2.35. The Morgan fingerprint density at radius 2 is 2.11 bits per heavy atom. The second-order valence-electron chi connectivity index (χ2n) is 4.43. The number of carbonyl (C=O) groups is 1. The first-order valence-electron chi connectivity index (χ1n) is 5.67. The van der Waals surface area contributed by atoms with Gasteiger partial charge in [-0.25, -0.2) is 8.42 Å². The lowest BCUT2D eigenvalue weighted by molar-refractivity contribution is -0.121. The molecule has 0 bridgehead atoms. The fourth-order valence-corrected chi connectivity index (χ4v) is 4.20. The van der Waals surface area contributed by atoms with Crippen LogP contribution in [-0.2, 0) is 14.8 Å². The number of primary amides is 1. The topological polar surface area (TPSA) is 106 Å². The molecule has 0 aliphatic carbocycles. The van der Waals surface area contributed by atoms with Crippen molar-refractivity contribution in [1.29, 1.82) is 0 Å². The summed E-state index contributed by atoms with van der Waals surface area (Å²) >= 11 is 3.22. The third-order valence-corrected chi connectivity index (χ3v) is 5.56. The predicted molar refractivity (Wildman–Crippen MR) is 74.6 cm³/mol. The number of halogens is 1. The Morgan fingerprint density at radius 1 is 1.42 bits per heavy atom. The van der Waals surface area contributed by atoms with Crippen LogP contribution in [0, 0.1) is 5.92 Å². The first-order valence-corrected chi connectivity index (χ1v) is 7.90. The lowest BCUT2D eigenvalue weighted by Gasteiger charge is -2.17. The van der Waals surface area contributed by atoms with Crippen molar-refractivity contribution in [3.63, 3.8) is 0 Å². The van der Waals surface area contributed by atoms with Crippen LogP contribution in [0.1, 0.15) is 6.42 Å². The molecule has 1 aromatic carbocycles. The van der Waals surface area contributed by atoms with Crippen LogP contribution in [0.25, 0.3) is 0 Å². The van der Waals surface area contributed by atoms with Gasteiger partial charge in [0, 0.05) is 17.6 Å². The molecule has 1 saturated heterocycles. The van der Waals surface area contributed by atoms with E-state index in [1.165, 1.54) is 16.4 Å². The Bertz CT molecular complexity index is 618. The van der Waals surface area contributed by atoms with Crippen LogP contribution in [-0.4, -0.2) is 31.7 Å². The molecule has 1 unspecified atom stereocenters. The van der Waals surface area contributed by atoms with Crippen LogP contribution in [0.5, 0.6) is 0 Å². The normalized spacial score (nSPS) is 20.6. The lowest BCUT2D eigenvalue weighted by atomic mass is 10.1. The van der Waals surface area contributed by atoms with Gasteiger partial charge in [-0.05, 0) is 24.6 Å². The van der Waals surface area contributed by atoms with E-state index in [2.05, 4.69) is 15.9 Å². The number of amides is 1. The molecule has 19 heavy (non-hydrogen) atoms. The molecule has 1 amide bonds. The van der Waals surface area contributed by atoms with Crippen molar-refractivity contribution in [2.75, 3.05) is 18.8 Å². The standard InChI is InChI=1S/C11H14BrN3O3S/c12-8-1-2-9(13)10(5-8)19(17,18)15-4-3-7(6-15)11(14)16/h1-2,5,7H,3-4,6,13H2,(H2,14,16). The van der Waals surface area contributed by atoms with E-state index >= 15 is 0 Å². The van der Waals surface area contributed by atoms with Gasteiger partial charge >= 0.3 is 0 Å². The summed E-state index contributed by atoms with van der Waals surface area (Å²) in [7, 11) is -3.69. The molecular weight excluding hydrogens is 334 g/mol. The molecule has 1 aromatic rings. The van der Waals surface area contributed by atoms with Crippen LogP contribution in [0.15, 0.2) is 27.6 Å². The smallest absolute Gasteiger partial charge is 0.245 e. The molecule has 4 N–H and O–H groups in total. The molecule has 2 rings (SSSR count). The van der Waals surface area contributed by atoms with E-state index < -0.39 is 21.8 Å². The molecule has 0 radical (unpaired) electrons. The third-order valence-electron chi connectivity index (χ3n) is 3.15. The molecule has 1 fully saturated rings. The van der Waals surface area contributed by atoms with E-state index in [1.54, 1.807) is 6.07 Å². The van der Waals surface area contributed by atoms with Crippen molar-refractivity contribution >= 4 is 37.5 Å². The minimum Gasteiger partial charge on any atom is -0.398 e. The Balaban J connectivity index is 2.33. The summed E-state index contributed by atoms with van der Waals surface area (Å²) < 4.78 is 26.8. The number of rotatable bonds is 3. The average molecular weight is 348 g/mol. The summed E-state index contributed by atoms with van der Waals surface area (Å²) in [5.41, 5.74) is 11.1. The molecule has 1 aliphatic rings. The highest BCUT2D eigenvalue weighted by molar-refractivity contribution is 9.10. The van der Waals surface area contributed by atoms with E-state index in [0.29, 0.717) is 10.9 Å². The fourth-order valence-electron chi connectivity index (χ4n) is 2.05. The summed E-state index contributed by atoms with van der Waals surface area (Å²) in [5.74, 6) is -0.900.